The number of rotatable bonds is 5. The van der Waals surface area contributed by atoms with Gasteiger partial charge in [-0.3, -0.25) is 9.80 Å². The van der Waals surface area contributed by atoms with Crippen LogP contribution in [0, 0.1) is 0 Å². The molecule has 0 amide bonds. The van der Waals surface area contributed by atoms with E-state index in [-0.39, 0.29) is 0 Å². The zero-order valence-electron chi connectivity index (χ0n) is 10.7. The molecule has 4 heteroatoms. The predicted molar refractivity (Wildman–Crippen MR) is 65.1 cm³/mol. The zero-order valence-corrected chi connectivity index (χ0v) is 10.7. The molecule has 0 aliphatic carbocycles. The van der Waals surface area contributed by atoms with Crippen molar-refractivity contribution >= 4 is 0 Å². The minimum Gasteiger partial charge on any atom is -0.314 e. The van der Waals surface area contributed by atoms with Gasteiger partial charge in [0, 0.05) is 32.7 Å². The van der Waals surface area contributed by atoms with E-state index in [4.69, 9.17) is 0 Å². The minimum absolute atomic E-state index is 0.555. The van der Waals surface area contributed by atoms with E-state index in [0.29, 0.717) is 6.17 Å². The average molecular weight is 214 g/mol. The summed E-state index contributed by atoms with van der Waals surface area (Å²) in [6.45, 7) is 5.91. The first-order valence-corrected chi connectivity index (χ1v) is 5.87. The molecule has 0 atom stereocenters. The fourth-order valence-corrected chi connectivity index (χ4v) is 2.21. The fourth-order valence-electron chi connectivity index (χ4n) is 2.21. The summed E-state index contributed by atoms with van der Waals surface area (Å²) in [5.74, 6) is 0. The first-order chi connectivity index (χ1) is 7.11. The van der Waals surface area contributed by atoms with Crippen LogP contribution in [0.25, 0.3) is 0 Å². The van der Waals surface area contributed by atoms with Crippen LogP contribution in [0.2, 0.25) is 0 Å². The SMILES string of the molecule is CN(C)C(CCN1CCNCC1)N(C)C. The quantitative estimate of drug-likeness (QED) is 0.636. The second-order valence-electron chi connectivity index (χ2n) is 4.79. The summed E-state index contributed by atoms with van der Waals surface area (Å²) in [5.41, 5.74) is 0. The van der Waals surface area contributed by atoms with Crippen molar-refractivity contribution in [3.63, 3.8) is 0 Å². The summed E-state index contributed by atoms with van der Waals surface area (Å²) in [7, 11) is 8.62. The molecule has 1 fully saturated rings. The third kappa shape index (κ3) is 4.47. The van der Waals surface area contributed by atoms with E-state index in [1.54, 1.807) is 0 Å². The van der Waals surface area contributed by atoms with Crippen LogP contribution in [0.3, 0.4) is 0 Å². The van der Waals surface area contributed by atoms with Gasteiger partial charge in [0.15, 0.2) is 0 Å². The Labute approximate surface area is 94.2 Å². The molecule has 15 heavy (non-hydrogen) atoms. The standard InChI is InChI=1S/C11H26N4/c1-13(2)11(14(3)4)5-8-15-9-6-12-7-10-15/h11-12H,5-10H2,1-4H3. The van der Waals surface area contributed by atoms with Crippen LogP contribution in [0.4, 0.5) is 0 Å². The summed E-state index contributed by atoms with van der Waals surface area (Å²) in [4.78, 5) is 7.14. The second kappa shape index (κ2) is 6.43. The van der Waals surface area contributed by atoms with Gasteiger partial charge in [0.2, 0.25) is 0 Å². The fraction of sp³-hybridized carbons (Fsp3) is 1.00. The van der Waals surface area contributed by atoms with Crippen LogP contribution in [-0.4, -0.2) is 81.8 Å². The summed E-state index contributed by atoms with van der Waals surface area (Å²) in [6, 6.07) is 0. The van der Waals surface area contributed by atoms with Crippen molar-refractivity contribution in [1.29, 1.82) is 0 Å². The summed E-state index contributed by atoms with van der Waals surface area (Å²) in [5, 5.41) is 3.39. The Kier molecular flexibility index (Phi) is 5.53. The van der Waals surface area contributed by atoms with Gasteiger partial charge in [-0.05, 0) is 34.6 Å². The molecule has 0 aromatic rings. The van der Waals surface area contributed by atoms with Crippen molar-refractivity contribution < 1.29 is 0 Å². The van der Waals surface area contributed by atoms with Crippen molar-refractivity contribution in [2.45, 2.75) is 12.6 Å². The van der Waals surface area contributed by atoms with Crippen LogP contribution < -0.4 is 5.32 Å². The highest BCUT2D eigenvalue weighted by Crippen LogP contribution is 2.05. The third-order valence-electron chi connectivity index (χ3n) is 3.11. The minimum atomic E-state index is 0.555. The molecule has 90 valence electrons. The lowest BCUT2D eigenvalue weighted by atomic mass is 10.2. The number of nitrogens with zero attached hydrogens (tertiary/aromatic N) is 3. The number of nitrogens with one attached hydrogen (secondary N) is 1. The van der Waals surface area contributed by atoms with E-state index in [2.05, 4.69) is 48.2 Å². The first kappa shape index (κ1) is 12.9. The van der Waals surface area contributed by atoms with Crippen molar-refractivity contribution in [2.24, 2.45) is 0 Å². The van der Waals surface area contributed by atoms with Gasteiger partial charge >= 0.3 is 0 Å². The number of piperazine rings is 1. The molecule has 0 bridgehead atoms. The number of hydrogen-bond donors (Lipinski definition) is 1. The molecule has 1 N–H and O–H groups in total. The molecule has 0 aromatic heterocycles. The van der Waals surface area contributed by atoms with Crippen molar-refractivity contribution in [2.75, 3.05) is 60.9 Å². The summed E-state index contributed by atoms with van der Waals surface area (Å²) in [6.07, 6.45) is 1.78. The topological polar surface area (TPSA) is 21.8 Å². The molecule has 0 aromatic carbocycles. The maximum Gasteiger partial charge on any atom is 0.0624 e. The van der Waals surface area contributed by atoms with Crippen molar-refractivity contribution in [3.05, 3.63) is 0 Å². The third-order valence-corrected chi connectivity index (χ3v) is 3.11. The van der Waals surface area contributed by atoms with E-state index in [1.165, 1.54) is 26.1 Å². The average Bonchev–Trinajstić information content (AvgIpc) is 2.18. The highest BCUT2D eigenvalue weighted by Gasteiger charge is 2.16. The van der Waals surface area contributed by atoms with Gasteiger partial charge in [-0.15, -0.1) is 0 Å². The molecule has 0 spiro atoms. The van der Waals surface area contributed by atoms with Crippen LogP contribution in [0.5, 0.6) is 0 Å². The Morgan fingerprint density at radius 3 is 2.07 bits per heavy atom. The van der Waals surface area contributed by atoms with E-state index < -0.39 is 0 Å². The van der Waals surface area contributed by atoms with Gasteiger partial charge in [-0.1, -0.05) is 0 Å². The van der Waals surface area contributed by atoms with Gasteiger partial charge in [0.05, 0.1) is 6.17 Å². The molecular formula is C11H26N4. The van der Waals surface area contributed by atoms with Crippen LogP contribution in [0.15, 0.2) is 0 Å². The van der Waals surface area contributed by atoms with E-state index in [0.717, 1.165) is 13.1 Å². The van der Waals surface area contributed by atoms with Gasteiger partial charge < -0.3 is 10.2 Å². The maximum absolute atomic E-state index is 3.39. The number of hydrogen-bond acceptors (Lipinski definition) is 4. The van der Waals surface area contributed by atoms with Gasteiger partial charge in [0.1, 0.15) is 0 Å². The second-order valence-corrected chi connectivity index (χ2v) is 4.79. The molecule has 0 radical (unpaired) electrons. The monoisotopic (exact) mass is 214 g/mol. The molecule has 0 unspecified atom stereocenters. The molecular weight excluding hydrogens is 188 g/mol. The Morgan fingerprint density at radius 2 is 1.60 bits per heavy atom. The first-order valence-electron chi connectivity index (χ1n) is 5.87. The Morgan fingerprint density at radius 1 is 1.07 bits per heavy atom. The van der Waals surface area contributed by atoms with E-state index in [9.17, 15) is 0 Å². The summed E-state index contributed by atoms with van der Waals surface area (Å²) < 4.78 is 0. The largest absolute Gasteiger partial charge is 0.314 e. The molecule has 1 heterocycles. The molecule has 0 saturated carbocycles. The molecule has 4 nitrogen and oxygen atoms in total. The van der Waals surface area contributed by atoms with Crippen molar-refractivity contribution in [3.8, 4) is 0 Å². The highest BCUT2D eigenvalue weighted by atomic mass is 15.3. The zero-order chi connectivity index (χ0) is 11.3. The lowest BCUT2D eigenvalue weighted by Crippen LogP contribution is -2.47. The van der Waals surface area contributed by atoms with E-state index in [1.807, 2.05) is 0 Å². The van der Waals surface area contributed by atoms with Crippen molar-refractivity contribution in [1.82, 2.24) is 20.0 Å². The van der Waals surface area contributed by atoms with Crippen LogP contribution in [0.1, 0.15) is 6.42 Å². The highest BCUT2D eigenvalue weighted by molar-refractivity contribution is 4.71. The lowest BCUT2D eigenvalue weighted by molar-refractivity contribution is 0.101. The predicted octanol–water partition coefficient (Wildman–Crippen LogP) is -0.269. The Hall–Kier alpha value is -0.160. The van der Waals surface area contributed by atoms with Gasteiger partial charge in [-0.2, -0.15) is 0 Å². The smallest absolute Gasteiger partial charge is 0.0624 e. The normalized spacial score (nSPS) is 19.4. The molecule has 1 aliphatic rings. The Bertz CT molecular complexity index is 156. The molecule has 1 aliphatic heterocycles. The Balaban J connectivity index is 2.26. The van der Waals surface area contributed by atoms with E-state index >= 15 is 0 Å². The molecule has 1 rings (SSSR count). The van der Waals surface area contributed by atoms with Gasteiger partial charge in [-0.25, -0.2) is 0 Å². The maximum atomic E-state index is 3.39. The molecule has 1 saturated heterocycles. The van der Waals surface area contributed by atoms with Gasteiger partial charge in [0.25, 0.3) is 0 Å². The van der Waals surface area contributed by atoms with Crippen LogP contribution >= 0.6 is 0 Å². The van der Waals surface area contributed by atoms with Crippen LogP contribution in [-0.2, 0) is 0 Å². The lowest BCUT2D eigenvalue weighted by Gasteiger charge is -2.34. The summed E-state index contributed by atoms with van der Waals surface area (Å²) >= 11 is 0.